The highest BCUT2D eigenvalue weighted by Crippen LogP contribution is 2.28. The zero-order valence-electron chi connectivity index (χ0n) is 10.7. The van der Waals surface area contributed by atoms with Crippen LogP contribution in [0.3, 0.4) is 0 Å². The standard InChI is InChI=1S/C16H13ClN2O/c17-14-8-6-13(7-9-14)16(12-4-2-1-3-5-12)20-15-10-11-18-19-15/h1-11,16H,(H,18,19). The first kappa shape index (κ1) is 12.8. The Labute approximate surface area is 122 Å². The van der Waals surface area contributed by atoms with Gasteiger partial charge in [0.25, 0.3) is 0 Å². The number of halogens is 1. The van der Waals surface area contributed by atoms with E-state index in [9.17, 15) is 0 Å². The SMILES string of the molecule is Clc1ccc(C(Oc2ccn[nH]2)c2ccccc2)cc1. The fraction of sp³-hybridized carbons (Fsp3) is 0.0625. The summed E-state index contributed by atoms with van der Waals surface area (Å²) < 4.78 is 6.01. The second-order valence-corrected chi connectivity index (χ2v) is 4.82. The first-order valence-corrected chi connectivity index (χ1v) is 6.67. The van der Waals surface area contributed by atoms with E-state index in [0.717, 1.165) is 11.1 Å². The van der Waals surface area contributed by atoms with Crippen molar-refractivity contribution in [3.8, 4) is 5.88 Å². The van der Waals surface area contributed by atoms with Crippen molar-refractivity contribution in [3.05, 3.63) is 83.0 Å². The number of H-pyrrole nitrogens is 1. The minimum Gasteiger partial charge on any atom is -0.465 e. The fourth-order valence-electron chi connectivity index (χ4n) is 2.03. The lowest BCUT2D eigenvalue weighted by atomic mass is 10.0. The van der Waals surface area contributed by atoms with E-state index in [1.165, 1.54) is 0 Å². The monoisotopic (exact) mass is 284 g/mol. The molecular formula is C16H13ClN2O. The molecule has 0 fully saturated rings. The number of hydrogen-bond donors (Lipinski definition) is 1. The molecule has 4 heteroatoms. The van der Waals surface area contributed by atoms with Gasteiger partial charge >= 0.3 is 0 Å². The summed E-state index contributed by atoms with van der Waals surface area (Å²) >= 11 is 5.95. The fourth-order valence-corrected chi connectivity index (χ4v) is 2.16. The lowest BCUT2D eigenvalue weighted by Crippen LogP contribution is -2.09. The van der Waals surface area contributed by atoms with Crippen molar-refractivity contribution in [2.24, 2.45) is 0 Å². The van der Waals surface area contributed by atoms with Crippen LogP contribution in [0.25, 0.3) is 0 Å². The van der Waals surface area contributed by atoms with E-state index in [4.69, 9.17) is 16.3 Å². The van der Waals surface area contributed by atoms with Crippen LogP contribution in [0.4, 0.5) is 0 Å². The van der Waals surface area contributed by atoms with Crippen molar-refractivity contribution in [3.63, 3.8) is 0 Å². The summed E-state index contributed by atoms with van der Waals surface area (Å²) in [6.07, 6.45) is 1.47. The number of hydrogen-bond acceptors (Lipinski definition) is 2. The Morgan fingerprint density at radius 3 is 2.25 bits per heavy atom. The molecule has 0 aliphatic heterocycles. The third-order valence-electron chi connectivity index (χ3n) is 3.00. The maximum atomic E-state index is 6.01. The lowest BCUT2D eigenvalue weighted by Gasteiger charge is -2.18. The van der Waals surface area contributed by atoms with Gasteiger partial charge in [0.15, 0.2) is 6.10 Å². The number of aromatic amines is 1. The van der Waals surface area contributed by atoms with Crippen LogP contribution in [-0.4, -0.2) is 10.2 Å². The Morgan fingerprint density at radius 2 is 1.60 bits per heavy atom. The molecule has 0 spiro atoms. The molecule has 3 aromatic rings. The van der Waals surface area contributed by atoms with E-state index in [1.54, 1.807) is 12.3 Å². The van der Waals surface area contributed by atoms with Gasteiger partial charge in [0.1, 0.15) is 0 Å². The van der Waals surface area contributed by atoms with Gasteiger partial charge < -0.3 is 4.74 Å². The molecule has 1 atom stereocenters. The third kappa shape index (κ3) is 2.83. The van der Waals surface area contributed by atoms with Gasteiger partial charge in [0, 0.05) is 11.1 Å². The summed E-state index contributed by atoms with van der Waals surface area (Å²) in [5.41, 5.74) is 2.11. The molecule has 2 aromatic carbocycles. The van der Waals surface area contributed by atoms with Gasteiger partial charge in [-0.1, -0.05) is 54.1 Å². The Hall–Kier alpha value is -2.26. The summed E-state index contributed by atoms with van der Waals surface area (Å²) in [6.45, 7) is 0. The second-order valence-electron chi connectivity index (χ2n) is 4.38. The van der Waals surface area contributed by atoms with Crippen LogP contribution in [0.15, 0.2) is 66.9 Å². The zero-order valence-corrected chi connectivity index (χ0v) is 11.4. The smallest absolute Gasteiger partial charge is 0.209 e. The van der Waals surface area contributed by atoms with Crippen LogP contribution in [0, 0.1) is 0 Å². The van der Waals surface area contributed by atoms with Crippen LogP contribution >= 0.6 is 11.6 Å². The number of nitrogens with one attached hydrogen (secondary N) is 1. The van der Waals surface area contributed by atoms with Crippen molar-refractivity contribution in [1.29, 1.82) is 0 Å². The molecule has 0 amide bonds. The van der Waals surface area contributed by atoms with Gasteiger partial charge in [-0.05, 0) is 23.3 Å². The number of aromatic nitrogens is 2. The molecule has 0 saturated carbocycles. The number of nitrogens with zero attached hydrogens (tertiary/aromatic N) is 1. The zero-order chi connectivity index (χ0) is 13.8. The number of rotatable bonds is 4. The normalized spacial score (nSPS) is 12.1. The molecule has 1 aromatic heterocycles. The van der Waals surface area contributed by atoms with Crippen LogP contribution in [0.2, 0.25) is 5.02 Å². The largest absolute Gasteiger partial charge is 0.465 e. The molecule has 3 rings (SSSR count). The molecule has 0 bridgehead atoms. The average molecular weight is 285 g/mol. The predicted molar refractivity (Wildman–Crippen MR) is 79.0 cm³/mol. The van der Waals surface area contributed by atoms with Gasteiger partial charge in [-0.15, -0.1) is 0 Å². The molecule has 1 heterocycles. The summed E-state index contributed by atoms with van der Waals surface area (Å²) in [7, 11) is 0. The van der Waals surface area contributed by atoms with Crippen LogP contribution in [0.5, 0.6) is 5.88 Å². The van der Waals surface area contributed by atoms with E-state index < -0.39 is 0 Å². The third-order valence-corrected chi connectivity index (χ3v) is 3.25. The molecule has 0 radical (unpaired) electrons. The minimum absolute atomic E-state index is 0.200. The molecule has 1 N–H and O–H groups in total. The van der Waals surface area contributed by atoms with Crippen LogP contribution < -0.4 is 4.74 Å². The average Bonchev–Trinajstić information content (AvgIpc) is 3.00. The molecule has 0 saturated heterocycles. The van der Waals surface area contributed by atoms with Crippen LogP contribution in [0.1, 0.15) is 17.2 Å². The summed E-state index contributed by atoms with van der Waals surface area (Å²) in [5.74, 6) is 0.633. The Balaban J connectivity index is 1.97. The van der Waals surface area contributed by atoms with Gasteiger partial charge in [-0.25, -0.2) is 5.10 Å². The van der Waals surface area contributed by atoms with Crippen molar-refractivity contribution < 1.29 is 4.74 Å². The van der Waals surface area contributed by atoms with Gasteiger partial charge in [0.2, 0.25) is 5.88 Å². The second kappa shape index (κ2) is 5.80. The Bertz CT molecular complexity index is 651. The first-order chi connectivity index (χ1) is 9.83. The van der Waals surface area contributed by atoms with Crippen molar-refractivity contribution in [2.75, 3.05) is 0 Å². The topological polar surface area (TPSA) is 37.9 Å². The number of benzene rings is 2. The van der Waals surface area contributed by atoms with Gasteiger partial charge in [0.05, 0.1) is 6.20 Å². The summed E-state index contributed by atoms with van der Waals surface area (Å²) in [4.78, 5) is 0. The first-order valence-electron chi connectivity index (χ1n) is 6.29. The highest BCUT2D eigenvalue weighted by molar-refractivity contribution is 6.30. The van der Waals surface area contributed by atoms with E-state index in [0.29, 0.717) is 10.9 Å². The molecule has 0 aliphatic carbocycles. The Morgan fingerprint density at radius 1 is 0.900 bits per heavy atom. The van der Waals surface area contributed by atoms with E-state index in [-0.39, 0.29) is 6.10 Å². The molecule has 100 valence electrons. The maximum absolute atomic E-state index is 6.01. The predicted octanol–water partition coefficient (Wildman–Crippen LogP) is 4.23. The van der Waals surface area contributed by atoms with Crippen LogP contribution in [-0.2, 0) is 0 Å². The van der Waals surface area contributed by atoms with Gasteiger partial charge in [-0.2, -0.15) is 5.10 Å². The van der Waals surface area contributed by atoms with E-state index >= 15 is 0 Å². The minimum atomic E-state index is -0.200. The van der Waals surface area contributed by atoms with Crippen molar-refractivity contribution in [2.45, 2.75) is 6.10 Å². The molecule has 0 aliphatic rings. The lowest BCUT2D eigenvalue weighted by molar-refractivity contribution is 0.237. The Kier molecular flexibility index (Phi) is 3.70. The molecular weight excluding hydrogens is 272 g/mol. The molecule has 1 unspecified atom stereocenters. The maximum Gasteiger partial charge on any atom is 0.209 e. The molecule has 3 nitrogen and oxygen atoms in total. The van der Waals surface area contributed by atoms with E-state index in [1.807, 2.05) is 54.6 Å². The van der Waals surface area contributed by atoms with Gasteiger partial charge in [-0.3, -0.25) is 0 Å². The van der Waals surface area contributed by atoms with Crippen molar-refractivity contribution >= 4 is 11.6 Å². The highest BCUT2D eigenvalue weighted by Gasteiger charge is 2.16. The summed E-state index contributed by atoms with van der Waals surface area (Å²) in [6, 6.07) is 19.5. The highest BCUT2D eigenvalue weighted by atomic mass is 35.5. The summed E-state index contributed by atoms with van der Waals surface area (Å²) in [5, 5.41) is 7.44. The molecule has 20 heavy (non-hydrogen) atoms. The quantitative estimate of drug-likeness (QED) is 0.778. The number of ether oxygens (including phenoxy) is 1. The van der Waals surface area contributed by atoms with E-state index in [2.05, 4.69) is 10.2 Å². The van der Waals surface area contributed by atoms with Crippen molar-refractivity contribution in [1.82, 2.24) is 10.2 Å².